The van der Waals surface area contributed by atoms with E-state index in [2.05, 4.69) is 11.2 Å². The Labute approximate surface area is 53.0 Å². The molecular weight excluding hydrogens is 114 g/mol. The van der Waals surface area contributed by atoms with Crippen LogP contribution in [0.1, 0.15) is 5.56 Å². The molecule has 0 saturated carbocycles. The highest BCUT2D eigenvalue weighted by molar-refractivity contribution is 5.94. The topological polar surface area (TPSA) is 62.8 Å². The predicted molar refractivity (Wildman–Crippen MR) is 34.1 cm³/mol. The molecule has 1 rings (SSSR count). The first-order chi connectivity index (χ1) is 4.30. The Hall–Kier alpha value is -1.38. The van der Waals surface area contributed by atoms with Gasteiger partial charge in [-0.3, -0.25) is 10.4 Å². The maximum Gasteiger partial charge on any atom is 0.124 e. The Morgan fingerprint density at radius 2 is 2.56 bits per heavy atom. The number of nitrogens with two attached hydrogens (primary N) is 1. The fourth-order valence-electron chi connectivity index (χ4n) is 0.479. The average Bonchev–Trinajstić information content (AvgIpc) is 1.90. The minimum absolute atomic E-state index is 0.0384. The highest BCUT2D eigenvalue weighted by Crippen LogP contribution is 1.90. The molecule has 0 unspecified atom stereocenters. The van der Waals surface area contributed by atoms with Gasteiger partial charge in [0.05, 0.1) is 6.20 Å². The largest absolute Gasteiger partial charge is 0.384 e. The van der Waals surface area contributed by atoms with E-state index in [1.165, 1.54) is 6.20 Å². The van der Waals surface area contributed by atoms with Gasteiger partial charge in [-0.05, 0) is 12.1 Å². The van der Waals surface area contributed by atoms with Crippen molar-refractivity contribution in [3.8, 4) is 0 Å². The van der Waals surface area contributed by atoms with Gasteiger partial charge in [-0.1, -0.05) is 0 Å². The summed E-state index contributed by atoms with van der Waals surface area (Å²) >= 11 is 0. The summed E-state index contributed by atoms with van der Waals surface area (Å²) in [6, 6.07) is 3.31. The van der Waals surface area contributed by atoms with E-state index in [0.717, 1.165) is 0 Å². The van der Waals surface area contributed by atoms with Crippen molar-refractivity contribution in [2.24, 2.45) is 5.73 Å². The molecule has 0 atom stereocenters. The zero-order valence-electron chi connectivity index (χ0n) is 4.76. The third-order valence-corrected chi connectivity index (χ3v) is 0.927. The number of pyridine rings is 1. The van der Waals surface area contributed by atoms with Crippen LogP contribution in [0.25, 0.3) is 0 Å². The van der Waals surface area contributed by atoms with Crippen molar-refractivity contribution in [1.82, 2.24) is 4.98 Å². The third kappa shape index (κ3) is 1.25. The van der Waals surface area contributed by atoms with Crippen LogP contribution in [-0.2, 0) is 0 Å². The summed E-state index contributed by atoms with van der Waals surface area (Å²) in [5.41, 5.74) is 5.78. The molecule has 0 saturated heterocycles. The number of rotatable bonds is 1. The summed E-state index contributed by atoms with van der Waals surface area (Å²) in [4.78, 5) is 3.66. The molecule has 1 aromatic rings. The average molecular weight is 120 g/mol. The minimum atomic E-state index is 0.0384. The number of hydrogen-bond acceptors (Lipinski definition) is 2. The van der Waals surface area contributed by atoms with Crippen LogP contribution >= 0.6 is 0 Å². The van der Waals surface area contributed by atoms with Crippen molar-refractivity contribution in [3.63, 3.8) is 0 Å². The second-order valence-corrected chi connectivity index (χ2v) is 1.59. The Bertz CT molecular complexity index is 205. The van der Waals surface area contributed by atoms with Crippen LogP contribution in [-0.4, -0.2) is 10.8 Å². The predicted octanol–water partition coefficient (Wildman–Crippen LogP) is 0.166. The molecule has 0 spiro atoms. The Balaban J connectivity index is 2.98. The lowest BCUT2D eigenvalue weighted by molar-refractivity contribution is 1.28. The first-order valence-corrected chi connectivity index (χ1v) is 2.47. The molecule has 0 aliphatic heterocycles. The van der Waals surface area contributed by atoms with E-state index < -0.39 is 0 Å². The molecular formula is C6H6N3. The van der Waals surface area contributed by atoms with Crippen LogP contribution in [0.5, 0.6) is 0 Å². The summed E-state index contributed by atoms with van der Waals surface area (Å²) in [7, 11) is 0. The number of nitrogens with one attached hydrogen (secondary N) is 1. The normalized spacial score (nSPS) is 8.89. The fraction of sp³-hybridized carbons (Fsp3) is 0. The van der Waals surface area contributed by atoms with Crippen molar-refractivity contribution < 1.29 is 0 Å². The van der Waals surface area contributed by atoms with Crippen molar-refractivity contribution in [1.29, 1.82) is 5.41 Å². The number of aromatic nitrogens is 1. The molecule has 45 valence electrons. The highest BCUT2D eigenvalue weighted by Gasteiger charge is 1.90. The van der Waals surface area contributed by atoms with E-state index in [-0.39, 0.29) is 5.84 Å². The van der Waals surface area contributed by atoms with Crippen LogP contribution < -0.4 is 5.73 Å². The lowest BCUT2D eigenvalue weighted by atomic mass is 10.3. The van der Waals surface area contributed by atoms with Crippen LogP contribution in [0.15, 0.2) is 18.3 Å². The highest BCUT2D eigenvalue weighted by atomic mass is 14.7. The monoisotopic (exact) mass is 120 g/mol. The molecule has 9 heavy (non-hydrogen) atoms. The van der Waals surface area contributed by atoms with Crippen molar-refractivity contribution in [2.45, 2.75) is 0 Å². The first kappa shape index (κ1) is 5.75. The quantitative estimate of drug-likeness (QED) is 0.409. The second kappa shape index (κ2) is 2.26. The number of hydrogen-bond donors (Lipinski definition) is 2. The molecule has 1 aromatic heterocycles. The van der Waals surface area contributed by atoms with Gasteiger partial charge in [-0.2, -0.15) is 0 Å². The summed E-state index contributed by atoms with van der Waals surface area (Å²) in [6.45, 7) is 0. The van der Waals surface area contributed by atoms with Gasteiger partial charge >= 0.3 is 0 Å². The van der Waals surface area contributed by atoms with E-state index in [1.807, 2.05) is 0 Å². The second-order valence-electron chi connectivity index (χ2n) is 1.59. The molecule has 3 N–H and O–H groups in total. The van der Waals surface area contributed by atoms with E-state index in [4.69, 9.17) is 11.1 Å². The van der Waals surface area contributed by atoms with E-state index >= 15 is 0 Å². The van der Waals surface area contributed by atoms with E-state index in [9.17, 15) is 0 Å². The molecule has 0 amide bonds. The molecule has 0 aliphatic carbocycles. The van der Waals surface area contributed by atoms with Gasteiger partial charge in [0.2, 0.25) is 0 Å². The minimum Gasteiger partial charge on any atom is -0.384 e. The molecule has 0 aliphatic rings. The maximum atomic E-state index is 6.96. The maximum absolute atomic E-state index is 6.96. The van der Waals surface area contributed by atoms with Gasteiger partial charge in [0.1, 0.15) is 5.84 Å². The zero-order chi connectivity index (χ0) is 6.69. The van der Waals surface area contributed by atoms with Crippen molar-refractivity contribution >= 4 is 5.84 Å². The number of amidine groups is 1. The Morgan fingerprint density at radius 3 is 2.89 bits per heavy atom. The molecule has 0 fully saturated rings. The molecule has 0 bridgehead atoms. The van der Waals surface area contributed by atoms with Gasteiger partial charge in [0.25, 0.3) is 0 Å². The standard InChI is InChI=1S/C6H6N3/c7-6(8)5-2-1-3-9-4-5/h1-2,4H,(H3,7,8). The van der Waals surface area contributed by atoms with Crippen molar-refractivity contribution in [2.75, 3.05) is 0 Å². The van der Waals surface area contributed by atoms with Gasteiger partial charge < -0.3 is 5.73 Å². The zero-order valence-corrected chi connectivity index (χ0v) is 4.76. The van der Waals surface area contributed by atoms with E-state index in [1.54, 1.807) is 12.1 Å². The molecule has 3 nitrogen and oxygen atoms in total. The molecule has 1 radical (unpaired) electrons. The molecule has 1 heterocycles. The van der Waals surface area contributed by atoms with E-state index in [0.29, 0.717) is 5.56 Å². The summed E-state index contributed by atoms with van der Waals surface area (Å²) < 4.78 is 0. The lowest BCUT2D eigenvalue weighted by Crippen LogP contribution is -2.10. The lowest BCUT2D eigenvalue weighted by Gasteiger charge is -1.91. The SMILES string of the molecule is N=C(N)c1cc[c]nc1. The smallest absolute Gasteiger partial charge is 0.124 e. The van der Waals surface area contributed by atoms with Crippen LogP contribution in [0, 0.1) is 11.6 Å². The fourth-order valence-corrected chi connectivity index (χ4v) is 0.479. The number of nitrogens with zero attached hydrogens (tertiary/aromatic N) is 1. The molecule has 0 aromatic carbocycles. The third-order valence-electron chi connectivity index (χ3n) is 0.927. The van der Waals surface area contributed by atoms with Gasteiger partial charge in [-0.25, -0.2) is 0 Å². The Morgan fingerprint density at radius 1 is 1.78 bits per heavy atom. The Kier molecular flexibility index (Phi) is 1.44. The van der Waals surface area contributed by atoms with Crippen LogP contribution in [0.2, 0.25) is 0 Å². The van der Waals surface area contributed by atoms with Gasteiger partial charge in [0.15, 0.2) is 0 Å². The summed E-state index contributed by atoms with van der Waals surface area (Å²) in [5.74, 6) is 0.0384. The number of nitrogen functional groups attached to an aromatic ring is 1. The van der Waals surface area contributed by atoms with Gasteiger partial charge in [-0.15, -0.1) is 0 Å². The molecule has 3 heteroatoms. The van der Waals surface area contributed by atoms with Gasteiger partial charge in [0, 0.05) is 11.8 Å². The van der Waals surface area contributed by atoms with Crippen molar-refractivity contribution in [3.05, 3.63) is 30.1 Å². The first-order valence-electron chi connectivity index (χ1n) is 2.47. The van der Waals surface area contributed by atoms with Crippen LogP contribution in [0.3, 0.4) is 0 Å². The summed E-state index contributed by atoms with van der Waals surface area (Å²) in [6.07, 6.45) is 4.09. The van der Waals surface area contributed by atoms with Crippen LogP contribution in [0.4, 0.5) is 0 Å². The summed E-state index contributed by atoms with van der Waals surface area (Å²) in [5, 5.41) is 6.96.